The van der Waals surface area contributed by atoms with Gasteiger partial charge >= 0.3 is 0 Å². The Morgan fingerprint density at radius 2 is 1.93 bits per heavy atom. The molecule has 0 aliphatic carbocycles. The Bertz CT molecular complexity index is 1180. The molecule has 0 spiro atoms. The van der Waals surface area contributed by atoms with Crippen molar-refractivity contribution in [3.8, 4) is 0 Å². The van der Waals surface area contributed by atoms with E-state index in [1.165, 1.54) is 22.3 Å². The summed E-state index contributed by atoms with van der Waals surface area (Å²) >= 11 is 1.38. The van der Waals surface area contributed by atoms with Crippen LogP contribution in [0.1, 0.15) is 26.6 Å². The second kappa shape index (κ2) is 8.87. The first-order valence-corrected chi connectivity index (χ1v) is 10.5. The molecule has 3 N–H and O–H groups in total. The monoisotopic (exact) mass is 418 g/mol. The van der Waals surface area contributed by atoms with Gasteiger partial charge in [0.05, 0.1) is 4.88 Å². The minimum absolute atomic E-state index is 0.215. The maximum atomic E-state index is 12.5. The predicted octanol–water partition coefficient (Wildman–Crippen LogP) is 4.08. The summed E-state index contributed by atoms with van der Waals surface area (Å²) in [4.78, 5) is 29.8. The smallest absolute Gasteiger partial charge is 0.268 e. The molecular formula is C22H22N6OS. The van der Waals surface area contributed by atoms with Gasteiger partial charge in [0, 0.05) is 35.0 Å². The standard InChI is InChI=1S/C22H22N6OS/c1-14-12-15(2)26-22(25-14)28-21(27-20(29)19-8-5-11-30-19)23-10-9-16-13-24-18-7-4-3-6-17(16)18/h3-8,11-13,24H,9-10H2,1-2H3,(H2,23,25,26,27,28,29). The molecule has 30 heavy (non-hydrogen) atoms. The molecule has 0 bridgehead atoms. The van der Waals surface area contributed by atoms with Crippen LogP contribution in [0.25, 0.3) is 10.9 Å². The van der Waals surface area contributed by atoms with E-state index in [2.05, 4.69) is 36.6 Å². The van der Waals surface area contributed by atoms with Crippen molar-refractivity contribution in [1.82, 2.24) is 20.3 Å². The number of nitrogens with zero attached hydrogens (tertiary/aromatic N) is 3. The molecule has 3 heterocycles. The molecule has 1 amide bonds. The minimum atomic E-state index is -0.215. The molecule has 0 aliphatic heterocycles. The number of carbonyl (C=O) groups excluding carboxylic acids is 1. The zero-order valence-corrected chi connectivity index (χ0v) is 17.6. The van der Waals surface area contributed by atoms with E-state index in [-0.39, 0.29) is 5.91 Å². The molecule has 3 aromatic heterocycles. The van der Waals surface area contributed by atoms with Gasteiger partial charge in [-0.2, -0.15) is 0 Å². The molecule has 4 rings (SSSR count). The Labute approximate surface area is 178 Å². The first kappa shape index (κ1) is 19.8. The van der Waals surface area contributed by atoms with Crippen molar-refractivity contribution in [3.63, 3.8) is 0 Å². The summed E-state index contributed by atoms with van der Waals surface area (Å²) in [6, 6.07) is 13.7. The van der Waals surface area contributed by atoms with Gasteiger partial charge in [-0.25, -0.2) is 9.97 Å². The normalized spacial score (nSPS) is 11.6. The average Bonchev–Trinajstić information content (AvgIpc) is 3.37. The van der Waals surface area contributed by atoms with Gasteiger partial charge in [-0.05, 0) is 49.4 Å². The fourth-order valence-corrected chi connectivity index (χ4v) is 3.82. The highest BCUT2D eigenvalue weighted by Gasteiger charge is 2.12. The van der Waals surface area contributed by atoms with Crippen molar-refractivity contribution in [1.29, 1.82) is 0 Å². The lowest BCUT2D eigenvalue weighted by Crippen LogP contribution is -2.36. The van der Waals surface area contributed by atoms with E-state index in [4.69, 9.17) is 0 Å². The van der Waals surface area contributed by atoms with Gasteiger partial charge in [0.15, 0.2) is 0 Å². The van der Waals surface area contributed by atoms with E-state index in [1.807, 2.05) is 55.8 Å². The van der Waals surface area contributed by atoms with Gasteiger partial charge in [-0.1, -0.05) is 24.3 Å². The third-order valence-electron chi connectivity index (χ3n) is 4.52. The molecule has 1 aromatic carbocycles. The number of thiophene rings is 1. The van der Waals surface area contributed by atoms with E-state index in [0.717, 1.165) is 23.3 Å². The number of fused-ring (bicyclic) bond motifs is 1. The fourth-order valence-electron chi connectivity index (χ4n) is 3.20. The van der Waals surface area contributed by atoms with Crippen LogP contribution in [0.2, 0.25) is 0 Å². The van der Waals surface area contributed by atoms with Crippen molar-refractivity contribution in [2.75, 3.05) is 11.9 Å². The van der Waals surface area contributed by atoms with Crippen LogP contribution >= 0.6 is 11.3 Å². The van der Waals surface area contributed by atoms with Crippen LogP contribution in [-0.4, -0.2) is 33.4 Å². The van der Waals surface area contributed by atoms with E-state index in [0.29, 0.717) is 23.3 Å². The van der Waals surface area contributed by atoms with Crippen LogP contribution in [0, 0.1) is 13.8 Å². The molecule has 0 aliphatic rings. The topological polar surface area (TPSA) is 95.1 Å². The number of amides is 1. The van der Waals surface area contributed by atoms with Crippen molar-refractivity contribution < 1.29 is 4.79 Å². The molecule has 0 unspecified atom stereocenters. The van der Waals surface area contributed by atoms with E-state index in [9.17, 15) is 4.79 Å². The van der Waals surface area contributed by atoms with Gasteiger partial charge in [0.25, 0.3) is 5.91 Å². The number of H-pyrrole nitrogens is 1. The van der Waals surface area contributed by atoms with E-state index in [1.54, 1.807) is 6.07 Å². The van der Waals surface area contributed by atoms with Crippen molar-refractivity contribution in [2.24, 2.45) is 4.99 Å². The Morgan fingerprint density at radius 3 is 2.70 bits per heavy atom. The molecule has 0 saturated heterocycles. The van der Waals surface area contributed by atoms with Gasteiger partial charge in [0.1, 0.15) is 0 Å². The van der Waals surface area contributed by atoms with Gasteiger partial charge < -0.3 is 4.98 Å². The van der Waals surface area contributed by atoms with E-state index < -0.39 is 0 Å². The van der Waals surface area contributed by atoms with Crippen molar-refractivity contribution in [2.45, 2.75) is 20.3 Å². The first-order valence-electron chi connectivity index (χ1n) is 9.62. The molecule has 7 nitrogen and oxygen atoms in total. The summed E-state index contributed by atoms with van der Waals surface area (Å²) in [6.07, 6.45) is 2.74. The van der Waals surface area contributed by atoms with Crippen LogP contribution in [-0.2, 0) is 6.42 Å². The van der Waals surface area contributed by atoms with Crippen LogP contribution < -0.4 is 10.6 Å². The maximum absolute atomic E-state index is 12.5. The van der Waals surface area contributed by atoms with Gasteiger partial charge in [-0.15, -0.1) is 11.3 Å². The fraction of sp³-hybridized carbons (Fsp3) is 0.182. The zero-order valence-electron chi connectivity index (χ0n) is 16.8. The summed E-state index contributed by atoms with van der Waals surface area (Å²) in [5.41, 5.74) is 3.96. The largest absolute Gasteiger partial charge is 0.361 e. The summed E-state index contributed by atoms with van der Waals surface area (Å²) in [6.45, 7) is 4.30. The molecule has 0 atom stereocenters. The number of aryl methyl sites for hydroxylation is 2. The summed E-state index contributed by atoms with van der Waals surface area (Å²) in [5.74, 6) is 0.524. The van der Waals surface area contributed by atoms with E-state index >= 15 is 0 Å². The maximum Gasteiger partial charge on any atom is 0.268 e. The lowest BCUT2D eigenvalue weighted by molar-refractivity contribution is 0.0981. The number of hydrogen-bond donors (Lipinski definition) is 3. The number of nitrogens with one attached hydrogen (secondary N) is 3. The Kier molecular flexibility index (Phi) is 5.85. The first-order chi connectivity index (χ1) is 14.6. The van der Waals surface area contributed by atoms with Crippen LogP contribution in [0.4, 0.5) is 5.95 Å². The highest BCUT2D eigenvalue weighted by molar-refractivity contribution is 7.12. The number of anilines is 1. The highest BCUT2D eigenvalue weighted by atomic mass is 32.1. The molecule has 152 valence electrons. The van der Waals surface area contributed by atoms with Crippen LogP contribution in [0.5, 0.6) is 0 Å². The Hall–Kier alpha value is -3.52. The Balaban J connectivity index is 1.52. The molecule has 0 saturated carbocycles. The zero-order chi connectivity index (χ0) is 20.9. The molecule has 4 aromatic rings. The van der Waals surface area contributed by atoms with Crippen LogP contribution in [0.3, 0.4) is 0 Å². The third-order valence-corrected chi connectivity index (χ3v) is 5.38. The Morgan fingerprint density at radius 1 is 1.13 bits per heavy atom. The number of aromatic nitrogens is 3. The highest BCUT2D eigenvalue weighted by Crippen LogP contribution is 2.18. The summed E-state index contributed by atoms with van der Waals surface area (Å²) in [7, 11) is 0. The number of aromatic amines is 1. The SMILES string of the molecule is Cc1cc(C)nc(NC(=NCCc2c[nH]c3ccccc23)NC(=O)c2cccs2)n1. The lowest BCUT2D eigenvalue weighted by atomic mass is 10.1. The molecular weight excluding hydrogens is 396 g/mol. The number of carbonyl (C=O) groups is 1. The summed E-state index contributed by atoms with van der Waals surface area (Å²) in [5, 5.41) is 8.96. The minimum Gasteiger partial charge on any atom is -0.361 e. The number of para-hydroxylation sites is 1. The predicted molar refractivity (Wildman–Crippen MR) is 121 cm³/mol. The van der Waals surface area contributed by atoms with Crippen molar-refractivity contribution >= 4 is 40.1 Å². The van der Waals surface area contributed by atoms with Gasteiger partial charge in [-0.3, -0.25) is 20.4 Å². The van der Waals surface area contributed by atoms with Gasteiger partial charge in [0.2, 0.25) is 11.9 Å². The molecule has 8 heteroatoms. The second-order valence-corrected chi connectivity index (χ2v) is 7.82. The second-order valence-electron chi connectivity index (χ2n) is 6.87. The number of rotatable bonds is 5. The van der Waals surface area contributed by atoms with Crippen molar-refractivity contribution in [3.05, 3.63) is 75.9 Å². The molecule has 0 radical (unpaired) electrons. The number of benzene rings is 1. The average molecular weight is 419 g/mol. The number of aliphatic imine (C=N–C) groups is 1. The number of guanidine groups is 1. The van der Waals surface area contributed by atoms with Crippen LogP contribution in [0.15, 0.2) is 59.0 Å². The quantitative estimate of drug-likeness (QED) is 0.336. The summed E-state index contributed by atoms with van der Waals surface area (Å²) < 4.78 is 0. The molecule has 0 fully saturated rings. The third kappa shape index (κ3) is 4.72. The lowest BCUT2D eigenvalue weighted by Gasteiger charge is -2.11. The number of hydrogen-bond acceptors (Lipinski definition) is 5.